The summed E-state index contributed by atoms with van der Waals surface area (Å²) in [4.78, 5) is 26.0. The van der Waals surface area contributed by atoms with E-state index in [-0.39, 0.29) is 18.4 Å². The van der Waals surface area contributed by atoms with Crippen LogP contribution in [0.25, 0.3) is 0 Å². The van der Waals surface area contributed by atoms with Crippen LogP contribution >= 0.6 is 0 Å². The fraction of sp³-hybridized carbons (Fsp3) is 0.300. The minimum absolute atomic E-state index is 0.0288. The molecular weight excluding hydrogens is 316 g/mol. The van der Waals surface area contributed by atoms with Crippen LogP contribution in [-0.2, 0) is 4.79 Å². The number of hydrogen-bond donors (Lipinski definition) is 1. The van der Waals surface area contributed by atoms with Gasteiger partial charge in [0, 0.05) is 24.3 Å². The molecule has 1 N–H and O–H groups in total. The summed E-state index contributed by atoms with van der Waals surface area (Å²) in [5.41, 5.74) is 1.29. The summed E-state index contributed by atoms with van der Waals surface area (Å²) in [5.74, 6) is 0.485. The largest absolute Gasteiger partial charge is 0.484 e. The van der Waals surface area contributed by atoms with E-state index >= 15 is 0 Å². The number of likely N-dealkylation sites (tertiary alicyclic amines) is 1. The maximum absolute atomic E-state index is 12.1. The quantitative estimate of drug-likeness (QED) is 0.910. The van der Waals surface area contributed by atoms with Gasteiger partial charge < -0.3 is 15.0 Å². The molecule has 0 spiro atoms. The monoisotopic (exact) mass is 338 g/mol. The standard InChI is InChI=1S/C20H22N2O3/c23-19(22-13-5-2-6-14-22)15-25-18-11-9-17(10-12-18)21-20(24)16-7-3-1-4-8-16/h1,3-4,7-12H,2,5-6,13-15H2,(H,21,24). The molecule has 0 aromatic heterocycles. The highest BCUT2D eigenvalue weighted by Crippen LogP contribution is 2.17. The molecule has 25 heavy (non-hydrogen) atoms. The molecule has 0 aliphatic carbocycles. The topological polar surface area (TPSA) is 58.6 Å². The molecule has 3 rings (SSSR count). The van der Waals surface area contributed by atoms with Gasteiger partial charge in [0.15, 0.2) is 6.61 Å². The smallest absolute Gasteiger partial charge is 0.260 e. The molecule has 0 saturated carbocycles. The molecule has 0 radical (unpaired) electrons. The van der Waals surface area contributed by atoms with E-state index in [2.05, 4.69) is 5.32 Å². The second kappa shape index (κ2) is 8.33. The molecule has 130 valence electrons. The maximum Gasteiger partial charge on any atom is 0.260 e. The van der Waals surface area contributed by atoms with Crippen LogP contribution in [0.5, 0.6) is 5.75 Å². The first-order valence-corrected chi connectivity index (χ1v) is 8.59. The Bertz CT molecular complexity index is 707. The van der Waals surface area contributed by atoms with Crippen molar-refractivity contribution in [2.24, 2.45) is 0 Å². The molecule has 5 heteroatoms. The highest BCUT2D eigenvalue weighted by atomic mass is 16.5. The summed E-state index contributed by atoms with van der Waals surface area (Å²) in [7, 11) is 0. The van der Waals surface area contributed by atoms with Crippen molar-refractivity contribution in [2.45, 2.75) is 19.3 Å². The van der Waals surface area contributed by atoms with E-state index in [1.165, 1.54) is 6.42 Å². The van der Waals surface area contributed by atoms with Crippen LogP contribution in [-0.4, -0.2) is 36.4 Å². The third-order valence-corrected chi connectivity index (χ3v) is 4.22. The molecule has 1 aliphatic heterocycles. The van der Waals surface area contributed by atoms with Gasteiger partial charge in [0.25, 0.3) is 11.8 Å². The number of hydrogen-bond acceptors (Lipinski definition) is 3. The van der Waals surface area contributed by atoms with Gasteiger partial charge in [-0.3, -0.25) is 9.59 Å². The van der Waals surface area contributed by atoms with Crippen molar-refractivity contribution < 1.29 is 14.3 Å². The Labute approximate surface area is 147 Å². The summed E-state index contributed by atoms with van der Waals surface area (Å²) < 4.78 is 5.56. The molecule has 0 bridgehead atoms. The molecular formula is C20H22N2O3. The maximum atomic E-state index is 12.1. The van der Waals surface area contributed by atoms with E-state index < -0.39 is 0 Å². The Kier molecular flexibility index (Phi) is 5.67. The Hall–Kier alpha value is -2.82. The number of anilines is 1. The highest BCUT2D eigenvalue weighted by Gasteiger charge is 2.16. The number of benzene rings is 2. The number of amides is 2. The van der Waals surface area contributed by atoms with Gasteiger partial charge in [-0.25, -0.2) is 0 Å². The second-order valence-corrected chi connectivity index (χ2v) is 6.07. The van der Waals surface area contributed by atoms with Gasteiger partial charge in [0.1, 0.15) is 5.75 Å². The predicted molar refractivity (Wildman–Crippen MR) is 96.8 cm³/mol. The zero-order valence-corrected chi connectivity index (χ0v) is 14.1. The van der Waals surface area contributed by atoms with Crippen molar-refractivity contribution in [3.05, 3.63) is 60.2 Å². The molecule has 5 nitrogen and oxygen atoms in total. The van der Waals surface area contributed by atoms with Gasteiger partial charge in [-0.2, -0.15) is 0 Å². The zero-order valence-electron chi connectivity index (χ0n) is 14.1. The number of rotatable bonds is 5. The average molecular weight is 338 g/mol. The van der Waals surface area contributed by atoms with Crippen LogP contribution in [0.3, 0.4) is 0 Å². The van der Waals surface area contributed by atoms with Crippen molar-refractivity contribution in [3.63, 3.8) is 0 Å². The summed E-state index contributed by atoms with van der Waals surface area (Å²) in [6, 6.07) is 16.1. The summed E-state index contributed by atoms with van der Waals surface area (Å²) in [6.45, 7) is 1.70. The van der Waals surface area contributed by atoms with Crippen molar-refractivity contribution >= 4 is 17.5 Å². The third kappa shape index (κ3) is 4.83. The number of nitrogens with one attached hydrogen (secondary N) is 1. The van der Waals surface area contributed by atoms with E-state index in [4.69, 9.17) is 4.74 Å². The molecule has 0 atom stereocenters. The van der Waals surface area contributed by atoms with Crippen molar-refractivity contribution in [2.75, 3.05) is 25.0 Å². The highest BCUT2D eigenvalue weighted by molar-refractivity contribution is 6.04. The van der Waals surface area contributed by atoms with Crippen LogP contribution in [0.2, 0.25) is 0 Å². The van der Waals surface area contributed by atoms with Crippen molar-refractivity contribution in [1.29, 1.82) is 0 Å². The Balaban J connectivity index is 1.50. The first-order chi connectivity index (χ1) is 12.2. The van der Waals surface area contributed by atoms with Gasteiger partial charge >= 0.3 is 0 Å². The molecule has 2 aromatic carbocycles. The average Bonchev–Trinajstić information content (AvgIpc) is 2.68. The fourth-order valence-corrected chi connectivity index (χ4v) is 2.81. The van der Waals surface area contributed by atoms with Gasteiger partial charge in [-0.15, -0.1) is 0 Å². The lowest BCUT2D eigenvalue weighted by Gasteiger charge is -2.26. The lowest BCUT2D eigenvalue weighted by atomic mass is 10.1. The molecule has 1 heterocycles. The first kappa shape index (κ1) is 17.0. The molecule has 1 saturated heterocycles. The van der Waals surface area contributed by atoms with E-state index in [0.29, 0.717) is 17.0 Å². The summed E-state index contributed by atoms with van der Waals surface area (Å²) >= 11 is 0. The normalized spacial score (nSPS) is 14.0. The SMILES string of the molecule is O=C(Nc1ccc(OCC(=O)N2CCCCC2)cc1)c1ccccc1. The summed E-state index contributed by atoms with van der Waals surface area (Å²) in [6.07, 6.45) is 3.34. The van der Waals surface area contributed by atoms with Gasteiger partial charge in [-0.1, -0.05) is 18.2 Å². The Morgan fingerprint density at radius 1 is 0.920 bits per heavy atom. The van der Waals surface area contributed by atoms with Crippen molar-refractivity contribution in [3.8, 4) is 5.75 Å². The minimum atomic E-state index is -0.158. The van der Waals surface area contributed by atoms with Crippen molar-refractivity contribution in [1.82, 2.24) is 4.90 Å². The molecule has 1 fully saturated rings. The fourth-order valence-electron chi connectivity index (χ4n) is 2.81. The predicted octanol–water partition coefficient (Wildman–Crippen LogP) is 3.33. The third-order valence-electron chi connectivity index (χ3n) is 4.22. The number of ether oxygens (including phenoxy) is 1. The van der Waals surface area contributed by atoms with Gasteiger partial charge in [0.2, 0.25) is 0 Å². The summed E-state index contributed by atoms with van der Waals surface area (Å²) in [5, 5.41) is 2.83. The van der Waals surface area contributed by atoms with Crippen LogP contribution in [0, 0.1) is 0 Å². The van der Waals surface area contributed by atoms with E-state index in [0.717, 1.165) is 25.9 Å². The molecule has 2 amide bonds. The van der Waals surface area contributed by atoms with Gasteiger partial charge in [-0.05, 0) is 55.7 Å². The van der Waals surface area contributed by atoms with Crippen LogP contribution in [0.15, 0.2) is 54.6 Å². The zero-order chi connectivity index (χ0) is 17.5. The Morgan fingerprint density at radius 2 is 1.60 bits per heavy atom. The van der Waals surface area contributed by atoms with E-state index in [1.54, 1.807) is 36.4 Å². The van der Waals surface area contributed by atoms with E-state index in [1.807, 2.05) is 23.1 Å². The lowest BCUT2D eigenvalue weighted by Crippen LogP contribution is -2.38. The number of carbonyl (C=O) groups excluding carboxylic acids is 2. The van der Waals surface area contributed by atoms with Gasteiger partial charge in [0.05, 0.1) is 0 Å². The number of carbonyl (C=O) groups is 2. The number of nitrogens with zero attached hydrogens (tertiary/aromatic N) is 1. The van der Waals surface area contributed by atoms with E-state index in [9.17, 15) is 9.59 Å². The Morgan fingerprint density at radius 3 is 2.28 bits per heavy atom. The minimum Gasteiger partial charge on any atom is -0.484 e. The van der Waals surface area contributed by atoms with Crippen LogP contribution < -0.4 is 10.1 Å². The second-order valence-electron chi connectivity index (χ2n) is 6.07. The molecule has 2 aromatic rings. The molecule has 1 aliphatic rings. The first-order valence-electron chi connectivity index (χ1n) is 8.59. The van der Waals surface area contributed by atoms with Crippen LogP contribution in [0.4, 0.5) is 5.69 Å². The molecule has 0 unspecified atom stereocenters. The lowest BCUT2D eigenvalue weighted by molar-refractivity contribution is -0.134. The van der Waals surface area contributed by atoms with Crippen LogP contribution in [0.1, 0.15) is 29.6 Å². The number of piperidine rings is 1.